The molecule has 1 atom stereocenters. The Bertz CT molecular complexity index is 524. The molecule has 25 heavy (non-hydrogen) atoms. The van der Waals surface area contributed by atoms with Crippen LogP contribution in [0.3, 0.4) is 0 Å². The molecule has 140 valence electrons. The van der Waals surface area contributed by atoms with E-state index in [1.807, 2.05) is 6.07 Å². The number of likely N-dealkylation sites (tertiary alicyclic amines) is 1. The zero-order valence-corrected chi connectivity index (χ0v) is 14.7. The van der Waals surface area contributed by atoms with Crippen LogP contribution in [0.25, 0.3) is 0 Å². The van der Waals surface area contributed by atoms with Gasteiger partial charge in [0.2, 0.25) is 0 Å². The van der Waals surface area contributed by atoms with Crippen LogP contribution in [0.15, 0.2) is 24.3 Å². The summed E-state index contributed by atoms with van der Waals surface area (Å²) in [6, 6.07) is 7.67. The number of nitrogens with zero attached hydrogens (tertiary/aromatic N) is 2. The van der Waals surface area contributed by atoms with E-state index < -0.39 is 6.61 Å². The molecule has 0 N–H and O–H groups in total. The minimum atomic E-state index is -2.77. The van der Waals surface area contributed by atoms with E-state index in [-0.39, 0.29) is 5.75 Å². The van der Waals surface area contributed by atoms with Gasteiger partial charge in [-0.3, -0.25) is 9.80 Å². The molecule has 0 amide bonds. The van der Waals surface area contributed by atoms with Gasteiger partial charge >= 0.3 is 6.61 Å². The van der Waals surface area contributed by atoms with Crippen LogP contribution in [0, 0.1) is 0 Å². The third-order valence-corrected chi connectivity index (χ3v) is 5.14. The fourth-order valence-corrected chi connectivity index (χ4v) is 3.81. The van der Waals surface area contributed by atoms with E-state index in [1.165, 1.54) is 19.3 Å². The van der Waals surface area contributed by atoms with Crippen molar-refractivity contribution in [2.75, 3.05) is 39.4 Å². The summed E-state index contributed by atoms with van der Waals surface area (Å²) in [4.78, 5) is 4.98. The van der Waals surface area contributed by atoms with Gasteiger partial charge in [-0.05, 0) is 50.0 Å². The molecule has 2 aliphatic rings. The summed E-state index contributed by atoms with van der Waals surface area (Å²) in [5, 5.41) is 0. The second kappa shape index (κ2) is 9.46. The molecular weight excluding hydrogens is 326 g/mol. The van der Waals surface area contributed by atoms with Crippen LogP contribution in [0.5, 0.6) is 5.75 Å². The lowest BCUT2D eigenvalue weighted by molar-refractivity contribution is -0.0499. The highest BCUT2D eigenvalue weighted by molar-refractivity contribution is 5.28. The highest BCUT2D eigenvalue weighted by atomic mass is 19.3. The molecule has 1 unspecified atom stereocenters. The molecule has 4 nitrogen and oxygen atoms in total. The van der Waals surface area contributed by atoms with Crippen molar-refractivity contribution < 1.29 is 18.3 Å². The fourth-order valence-electron chi connectivity index (χ4n) is 3.81. The smallest absolute Gasteiger partial charge is 0.387 e. The van der Waals surface area contributed by atoms with E-state index in [0.29, 0.717) is 6.04 Å². The van der Waals surface area contributed by atoms with Gasteiger partial charge in [0, 0.05) is 25.7 Å². The standard InChI is InChI=1S/C19H28F2N2O2/c20-19(21)25-18-6-3-4-16(14-18)15-23-8-2-1-5-17(23)7-9-22-10-12-24-13-11-22/h3-4,6,14,17,19H,1-2,5,7-13,15H2. The van der Waals surface area contributed by atoms with Crippen molar-refractivity contribution in [1.82, 2.24) is 9.80 Å². The fraction of sp³-hybridized carbons (Fsp3) is 0.684. The van der Waals surface area contributed by atoms with Crippen LogP contribution in [0.4, 0.5) is 8.78 Å². The summed E-state index contributed by atoms with van der Waals surface area (Å²) >= 11 is 0. The first-order valence-corrected chi connectivity index (χ1v) is 9.28. The molecule has 6 heteroatoms. The molecule has 0 radical (unpaired) electrons. The first-order chi connectivity index (χ1) is 12.2. The Morgan fingerprint density at radius 1 is 1.16 bits per heavy atom. The maximum Gasteiger partial charge on any atom is 0.387 e. The topological polar surface area (TPSA) is 24.9 Å². The van der Waals surface area contributed by atoms with E-state index in [4.69, 9.17) is 4.74 Å². The van der Waals surface area contributed by atoms with Gasteiger partial charge in [-0.15, -0.1) is 0 Å². The van der Waals surface area contributed by atoms with Crippen molar-refractivity contribution in [2.24, 2.45) is 0 Å². The highest BCUT2D eigenvalue weighted by Crippen LogP contribution is 2.24. The third kappa shape index (κ3) is 5.90. The lowest BCUT2D eigenvalue weighted by atomic mass is 9.98. The monoisotopic (exact) mass is 354 g/mol. The minimum Gasteiger partial charge on any atom is -0.435 e. The van der Waals surface area contributed by atoms with Crippen LogP contribution >= 0.6 is 0 Å². The van der Waals surface area contributed by atoms with Crippen LogP contribution in [-0.2, 0) is 11.3 Å². The van der Waals surface area contributed by atoms with Gasteiger partial charge in [0.25, 0.3) is 0 Å². The van der Waals surface area contributed by atoms with Crippen LogP contribution in [0.1, 0.15) is 31.2 Å². The zero-order chi connectivity index (χ0) is 17.5. The Balaban J connectivity index is 1.55. The van der Waals surface area contributed by atoms with Crippen molar-refractivity contribution in [1.29, 1.82) is 0 Å². The molecule has 2 heterocycles. The number of alkyl halides is 2. The van der Waals surface area contributed by atoms with Crippen molar-refractivity contribution in [3.8, 4) is 5.75 Å². The van der Waals surface area contributed by atoms with Crippen molar-refractivity contribution in [3.05, 3.63) is 29.8 Å². The predicted molar refractivity (Wildman–Crippen MR) is 93.0 cm³/mol. The summed E-state index contributed by atoms with van der Waals surface area (Å²) in [5.74, 6) is 0.245. The van der Waals surface area contributed by atoms with E-state index in [1.54, 1.807) is 18.2 Å². The van der Waals surface area contributed by atoms with Gasteiger partial charge in [-0.1, -0.05) is 18.6 Å². The van der Waals surface area contributed by atoms with Gasteiger partial charge < -0.3 is 9.47 Å². The second-order valence-electron chi connectivity index (χ2n) is 6.89. The number of piperidine rings is 1. The first-order valence-electron chi connectivity index (χ1n) is 9.28. The maximum absolute atomic E-state index is 12.4. The Hall–Kier alpha value is -1.24. The van der Waals surface area contributed by atoms with Gasteiger partial charge in [-0.2, -0.15) is 8.78 Å². The number of ether oxygens (including phenoxy) is 2. The van der Waals surface area contributed by atoms with Crippen LogP contribution < -0.4 is 4.74 Å². The molecule has 0 bridgehead atoms. The molecular formula is C19H28F2N2O2. The summed E-state index contributed by atoms with van der Waals surface area (Å²) < 4.78 is 34.7. The molecule has 0 saturated carbocycles. The van der Waals surface area contributed by atoms with Crippen molar-refractivity contribution in [2.45, 2.75) is 44.9 Å². The first kappa shape index (κ1) is 18.5. The zero-order valence-electron chi connectivity index (χ0n) is 14.7. The van der Waals surface area contributed by atoms with Crippen LogP contribution in [0.2, 0.25) is 0 Å². The molecule has 3 rings (SSSR count). The number of hydrogen-bond acceptors (Lipinski definition) is 4. The maximum atomic E-state index is 12.4. The normalized spacial score (nSPS) is 23.1. The van der Waals surface area contributed by atoms with E-state index >= 15 is 0 Å². The van der Waals surface area contributed by atoms with E-state index in [0.717, 1.165) is 57.9 Å². The summed E-state index contributed by atoms with van der Waals surface area (Å²) in [6.07, 6.45) is 4.87. The lowest BCUT2D eigenvalue weighted by Crippen LogP contribution is -2.43. The Morgan fingerprint density at radius 3 is 2.80 bits per heavy atom. The Kier molecular flexibility index (Phi) is 7.02. The predicted octanol–water partition coefficient (Wildman–Crippen LogP) is 3.36. The molecule has 0 spiro atoms. The van der Waals surface area contributed by atoms with Crippen molar-refractivity contribution in [3.63, 3.8) is 0 Å². The summed E-state index contributed by atoms with van der Waals surface area (Å²) in [6.45, 7) is 3.95. The molecule has 2 saturated heterocycles. The van der Waals surface area contributed by atoms with Crippen LogP contribution in [-0.4, -0.2) is 61.8 Å². The van der Waals surface area contributed by atoms with E-state index in [9.17, 15) is 8.78 Å². The van der Waals surface area contributed by atoms with E-state index in [2.05, 4.69) is 14.5 Å². The number of rotatable bonds is 7. The minimum absolute atomic E-state index is 0.245. The Morgan fingerprint density at radius 2 is 2.00 bits per heavy atom. The third-order valence-electron chi connectivity index (χ3n) is 5.14. The second-order valence-corrected chi connectivity index (χ2v) is 6.89. The Labute approximate surface area is 148 Å². The van der Waals surface area contributed by atoms with Crippen molar-refractivity contribution >= 4 is 0 Å². The molecule has 1 aromatic rings. The molecule has 0 aromatic heterocycles. The summed E-state index contributed by atoms with van der Waals surface area (Å²) in [5.41, 5.74) is 1.04. The van der Waals surface area contributed by atoms with Gasteiger partial charge in [0.1, 0.15) is 5.75 Å². The molecule has 2 aliphatic heterocycles. The number of hydrogen-bond donors (Lipinski definition) is 0. The van der Waals surface area contributed by atoms with Gasteiger partial charge in [0.05, 0.1) is 13.2 Å². The lowest BCUT2D eigenvalue weighted by Gasteiger charge is -2.37. The number of halogens is 2. The average Bonchev–Trinajstić information content (AvgIpc) is 2.62. The summed E-state index contributed by atoms with van der Waals surface area (Å²) in [7, 11) is 0. The number of benzene rings is 1. The number of morpholine rings is 1. The quantitative estimate of drug-likeness (QED) is 0.750. The highest BCUT2D eigenvalue weighted by Gasteiger charge is 2.23. The average molecular weight is 354 g/mol. The SMILES string of the molecule is FC(F)Oc1cccc(CN2CCCCC2CCN2CCOCC2)c1. The molecule has 2 fully saturated rings. The largest absolute Gasteiger partial charge is 0.435 e. The van der Waals surface area contributed by atoms with Gasteiger partial charge in [0.15, 0.2) is 0 Å². The molecule has 0 aliphatic carbocycles. The molecule has 1 aromatic carbocycles. The van der Waals surface area contributed by atoms with Gasteiger partial charge in [-0.25, -0.2) is 0 Å².